The molecule has 0 saturated carbocycles. The third-order valence-electron chi connectivity index (χ3n) is 3.30. The van der Waals surface area contributed by atoms with Crippen molar-refractivity contribution < 1.29 is 39.1 Å². The summed E-state index contributed by atoms with van der Waals surface area (Å²) in [5, 5.41) is 23.3. The third kappa shape index (κ3) is 1.90. The smallest absolute Gasteiger partial charge is 0.403 e. The van der Waals surface area contributed by atoms with Crippen LogP contribution in [0.1, 0.15) is 12.8 Å². The predicted octanol–water partition coefficient (Wildman–Crippen LogP) is -3.85. The number of nitro groups is 2. The molecule has 3 atom stereocenters. The number of fused-ring (bicyclic) bond motifs is 2. The minimum absolute atomic E-state index is 0. The van der Waals surface area contributed by atoms with Crippen molar-refractivity contribution in [3.05, 3.63) is 32.4 Å². The first-order valence-electron chi connectivity index (χ1n) is 4.84. The van der Waals surface area contributed by atoms with Gasteiger partial charge in [0.1, 0.15) is 0 Å². The van der Waals surface area contributed by atoms with Crippen molar-refractivity contribution in [2.24, 2.45) is 5.92 Å². The second kappa shape index (κ2) is 4.62. The Morgan fingerprint density at radius 3 is 2.62 bits per heavy atom. The van der Waals surface area contributed by atoms with Crippen LogP contribution in [0.4, 0.5) is 0 Å². The van der Waals surface area contributed by atoms with Crippen LogP contribution in [0.3, 0.4) is 0 Å². The molecule has 3 unspecified atom stereocenters. The monoisotopic (exact) mass is 341 g/mol. The van der Waals surface area contributed by atoms with E-state index < -0.39 is 21.6 Å². The van der Waals surface area contributed by atoms with Gasteiger partial charge in [-0.05, 0) is 0 Å². The van der Waals surface area contributed by atoms with Crippen LogP contribution < -0.4 is 29.3 Å². The van der Waals surface area contributed by atoms with Crippen LogP contribution in [0.15, 0.2) is 12.2 Å². The molecular formula is C8H12IN3O4. The molecule has 0 aromatic heterocycles. The molecule has 0 radical (unpaired) electrons. The molecule has 2 bridgehead atoms. The minimum Gasteiger partial charge on any atom is -1.00 e. The Kier molecular flexibility index (Phi) is 3.84. The Hall–Kier alpha value is -0.770. The lowest BCUT2D eigenvalue weighted by molar-refractivity contribution is -0.888. The lowest BCUT2D eigenvalue weighted by Crippen LogP contribution is -3.00. The fraction of sp³-hybridized carbons (Fsp3) is 0.750. The van der Waals surface area contributed by atoms with Gasteiger partial charge in [0, 0.05) is 17.3 Å². The molecular weight excluding hydrogens is 329 g/mol. The van der Waals surface area contributed by atoms with Crippen LogP contribution >= 0.6 is 0 Å². The van der Waals surface area contributed by atoms with Crippen LogP contribution in [-0.4, -0.2) is 28.1 Å². The Labute approximate surface area is 109 Å². The molecule has 0 aromatic carbocycles. The molecule has 0 spiro atoms. The standard InChI is InChI=1S/C8H11N3O4.HI/c12-10(13)7-8(11(14)15)3-1-2-6(4-8)5-9-7;/h1-2,6-7,9H,3-5H2;1H. The molecule has 0 aromatic rings. The molecule has 1 aliphatic carbocycles. The number of halogens is 1. The summed E-state index contributed by atoms with van der Waals surface area (Å²) in [6, 6.07) is 0. The van der Waals surface area contributed by atoms with Crippen LogP contribution in [-0.2, 0) is 0 Å². The van der Waals surface area contributed by atoms with Crippen LogP contribution in [0.25, 0.3) is 0 Å². The van der Waals surface area contributed by atoms with Gasteiger partial charge in [0.05, 0.1) is 17.9 Å². The first kappa shape index (κ1) is 13.3. The van der Waals surface area contributed by atoms with Gasteiger partial charge in [-0.1, -0.05) is 12.2 Å². The van der Waals surface area contributed by atoms with Gasteiger partial charge in [-0.25, -0.2) is 0 Å². The van der Waals surface area contributed by atoms with Crippen molar-refractivity contribution in [2.75, 3.05) is 6.54 Å². The Morgan fingerprint density at radius 1 is 1.38 bits per heavy atom. The summed E-state index contributed by atoms with van der Waals surface area (Å²) in [6.45, 7) is 0.567. The molecule has 1 saturated heterocycles. The van der Waals surface area contributed by atoms with E-state index in [1.165, 1.54) is 5.32 Å². The van der Waals surface area contributed by atoms with Gasteiger partial charge in [-0.15, -0.1) is 0 Å². The largest absolute Gasteiger partial charge is 1.00 e. The highest BCUT2D eigenvalue weighted by molar-refractivity contribution is 5.05. The minimum atomic E-state index is -1.40. The van der Waals surface area contributed by atoms with Crippen molar-refractivity contribution in [1.29, 1.82) is 0 Å². The summed E-state index contributed by atoms with van der Waals surface area (Å²) in [6.07, 6.45) is 2.94. The highest BCUT2D eigenvalue weighted by atomic mass is 127. The topological polar surface area (TPSA) is 103 Å². The summed E-state index contributed by atoms with van der Waals surface area (Å²) >= 11 is 0. The third-order valence-corrected chi connectivity index (χ3v) is 3.30. The first-order chi connectivity index (χ1) is 7.06. The van der Waals surface area contributed by atoms with E-state index in [-0.39, 0.29) is 36.3 Å². The number of hydrogen-bond donors (Lipinski definition) is 1. The summed E-state index contributed by atoms with van der Waals surface area (Å²) in [5.41, 5.74) is -1.40. The van der Waals surface area contributed by atoms with Gasteiger partial charge in [-0.3, -0.25) is 25.5 Å². The van der Waals surface area contributed by atoms with Crippen LogP contribution in [0.5, 0.6) is 0 Å². The number of nitrogens with two attached hydrogens (primary N) is 1. The van der Waals surface area contributed by atoms with E-state index in [1.807, 2.05) is 6.08 Å². The lowest BCUT2D eigenvalue weighted by atomic mass is 9.75. The SMILES string of the molecule is O=[N+]([O-])C1[NH2+]CC2C=CCC1([N+](=O)[O-])C2.[I-]. The number of quaternary nitrogens is 1. The van der Waals surface area contributed by atoms with Gasteiger partial charge < -0.3 is 24.0 Å². The van der Waals surface area contributed by atoms with Crippen molar-refractivity contribution >= 4 is 0 Å². The summed E-state index contributed by atoms with van der Waals surface area (Å²) in [4.78, 5) is 20.9. The molecule has 0 amide bonds. The van der Waals surface area contributed by atoms with E-state index >= 15 is 0 Å². The summed E-state index contributed by atoms with van der Waals surface area (Å²) < 4.78 is 0. The lowest BCUT2D eigenvalue weighted by Gasteiger charge is -2.34. The Balaban J connectivity index is 0.00000128. The van der Waals surface area contributed by atoms with Crippen molar-refractivity contribution in [3.8, 4) is 0 Å². The quantitative estimate of drug-likeness (QED) is 0.240. The molecule has 2 rings (SSSR count). The summed E-state index contributed by atoms with van der Waals surface area (Å²) in [5.74, 6) is 0.0975. The molecule has 90 valence electrons. The zero-order chi connectivity index (χ0) is 11.1. The van der Waals surface area contributed by atoms with E-state index in [0.717, 1.165) is 0 Å². The second-order valence-electron chi connectivity index (χ2n) is 4.16. The van der Waals surface area contributed by atoms with Gasteiger partial charge in [-0.2, -0.15) is 0 Å². The fourth-order valence-electron chi connectivity index (χ4n) is 2.54. The molecule has 2 N–H and O–H groups in total. The van der Waals surface area contributed by atoms with Gasteiger partial charge >= 0.3 is 11.7 Å². The average Bonchev–Trinajstić information content (AvgIpc) is 2.17. The zero-order valence-corrected chi connectivity index (χ0v) is 10.6. The van der Waals surface area contributed by atoms with Gasteiger partial charge in [0.15, 0.2) is 0 Å². The van der Waals surface area contributed by atoms with E-state index in [2.05, 4.69) is 0 Å². The number of piperidine rings is 1. The Morgan fingerprint density at radius 2 is 2.06 bits per heavy atom. The van der Waals surface area contributed by atoms with Gasteiger partial charge in [0.25, 0.3) is 0 Å². The van der Waals surface area contributed by atoms with Gasteiger partial charge in [0.2, 0.25) is 0 Å². The maximum absolute atomic E-state index is 11.0. The van der Waals surface area contributed by atoms with E-state index in [0.29, 0.717) is 13.0 Å². The highest BCUT2D eigenvalue weighted by Gasteiger charge is 2.64. The highest BCUT2D eigenvalue weighted by Crippen LogP contribution is 2.34. The maximum Gasteiger partial charge on any atom is 0.403 e. The maximum atomic E-state index is 11.0. The number of nitrogens with zero attached hydrogens (tertiary/aromatic N) is 2. The van der Waals surface area contributed by atoms with E-state index in [9.17, 15) is 20.2 Å². The fourth-order valence-corrected chi connectivity index (χ4v) is 2.54. The predicted molar refractivity (Wildman–Crippen MR) is 49.2 cm³/mol. The first-order valence-corrected chi connectivity index (χ1v) is 4.84. The van der Waals surface area contributed by atoms with E-state index in [4.69, 9.17) is 0 Å². The normalized spacial score (nSPS) is 36.2. The summed E-state index contributed by atoms with van der Waals surface area (Å²) in [7, 11) is 0. The van der Waals surface area contributed by atoms with Crippen molar-refractivity contribution in [1.82, 2.24) is 0 Å². The molecule has 2 aliphatic rings. The zero-order valence-electron chi connectivity index (χ0n) is 8.41. The second-order valence-corrected chi connectivity index (χ2v) is 4.16. The van der Waals surface area contributed by atoms with E-state index in [1.54, 1.807) is 6.08 Å². The van der Waals surface area contributed by atoms with Crippen LogP contribution in [0.2, 0.25) is 0 Å². The number of rotatable bonds is 2. The molecule has 8 heteroatoms. The van der Waals surface area contributed by atoms with Crippen LogP contribution in [0, 0.1) is 26.1 Å². The molecule has 7 nitrogen and oxygen atoms in total. The number of hydrogen-bond acceptors (Lipinski definition) is 4. The van der Waals surface area contributed by atoms with Crippen molar-refractivity contribution in [2.45, 2.75) is 24.5 Å². The molecule has 1 fully saturated rings. The molecule has 1 heterocycles. The Bertz CT molecular complexity index is 348. The average molecular weight is 341 g/mol. The van der Waals surface area contributed by atoms with Crippen molar-refractivity contribution in [3.63, 3.8) is 0 Å². The molecule has 16 heavy (non-hydrogen) atoms. The molecule has 1 aliphatic heterocycles.